The van der Waals surface area contributed by atoms with Crippen molar-refractivity contribution in [2.24, 2.45) is 0 Å². The lowest BCUT2D eigenvalue weighted by molar-refractivity contribution is -0.129. The van der Waals surface area contributed by atoms with Crippen LogP contribution in [0.2, 0.25) is 5.02 Å². The molecule has 1 fully saturated rings. The Morgan fingerprint density at radius 2 is 1.86 bits per heavy atom. The predicted molar refractivity (Wildman–Crippen MR) is 141 cm³/mol. The van der Waals surface area contributed by atoms with Gasteiger partial charge in [0.05, 0.1) is 22.8 Å². The molecule has 2 aliphatic rings. The molecule has 2 aliphatic heterocycles. The molecule has 0 saturated carbocycles. The topological polar surface area (TPSA) is 90.8 Å². The average molecular weight is 521 g/mol. The van der Waals surface area contributed by atoms with Crippen molar-refractivity contribution in [2.75, 3.05) is 31.1 Å². The zero-order valence-corrected chi connectivity index (χ0v) is 21.4. The number of benzene rings is 2. The molecule has 1 aromatic heterocycles. The molecule has 0 radical (unpaired) electrons. The fourth-order valence-corrected chi connectivity index (χ4v) is 5.15. The number of fused-ring (bicyclic) bond motifs is 1. The number of anilines is 1. The highest BCUT2D eigenvalue weighted by molar-refractivity contribution is 6.34. The summed E-state index contributed by atoms with van der Waals surface area (Å²) in [6, 6.07) is 13.9. The van der Waals surface area contributed by atoms with Crippen LogP contribution in [0.4, 0.5) is 10.5 Å². The van der Waals surface area contributed by atoms with Crippen LogP contribution in [0.15, 0.2) is 60.9 Å². The molecular formula is C27H29ClN6O3. The third-order valence-electron chi connectivity index (χ3n) is 6.91. The first kappa shape index (κ1) is 24.8. The first-order valence-corrected chi connectivity index (χ1v) is 12.8. The molecule has 1 atom stereocenters. The number of para-hydroxylation sites is 1. The van der Waals surface area contributed by atoms with E-state index in [2.05, 4.69) is 10.4 Å². The van der Waals surface area contributed by atoms with Gasteiger partial charge in [0.1, 0.15) is 0 Å². The van der Waals surface area contributed by atoms with Gasteiger partial charge in [-0.05, 0) is 55.7 Å². The van der Waals surface area contributed by atoms with Crippen LogP contribution in [0, 0.1) is 0 Å². The van der Waals surface area contributed by atoms with Gasteiger partial charge in [-0.25, -0.2) is 9.48 Å². The second-order valence-corrected chi connectivity index (χ2v) is 9.79. The van der Waals surface area contributed by atoms with Crippen LogP contribution in [0.5, 0.6) is 0 Å². The van der Waals surface area contributed by atoms with E-state index < -0.39 is 0 Å². The van der Waals surface area contributed by atoms with Crippen molar-refractivity contribution in [2.45, 2.75) is 32.4 Å². The third kappa shape index (κ3) is 5.17. The van der Waals surface area contributed by atoms with Gasteiger partial charge < -0.3 is 20.0 Å². The fourth-order valence-electron chi connectivity index (χ4n) is 4.89. The van der Waals surface area contributed by atoms with Crippen molar-refractivity contribution in [3.8, 4) is 5.69 Å². The molecule has 2 aromatic carbocycles. The average Bonchev–Trinajstić information content (AvgIpc) is 3.61. The predicted octanol–water partition coefficient (Wildman–Crippen LogP) is 3.71. The number of urea groups is 1. The lowest BCUT2D eigenvalue weighted by Crippen LogP contribution is -2.50. The van der Waals surface area contributed by atoms with Crippen LogP contribution in [-0.2, 0) is 11.3 Å². The zero-order valence-electron chi connectivity index (χ0n) is 20.6. The Labute approximate surface area is 220 Å². The molecule has 1 N–H and O–H groups in total. The van der Waals surface area contributed by atoms with Gasteiger partial charge in [-0.3, -0.25) is 9.59 Å². The van der Waals surface area contributed by atoms with E-state index in [1.807, 2.05) is 37.3 Å². The number of halogens is 1. The quantitative estimate of drug-likeness (QED) is 0.568. The highest BCUT2D eigenvalue weighted by Gasteiger charge is 2.32. The van der Waals surface area contributed by atoms with Crippen LogP contribution in [0.3, 0.4) is 0 Å². The lowest BCUT2D eigenvalue weighted by atomic mass is 10.1. The summed E-state index contributed by atoms with van der Waals surface area (Å²) >= 11 is 6.57. The van der Waals surface area contributed by atoms with Gasteiger partial charge in [-0.15, -0.1) is 0 Å². The fraction of sp³-hybridized carbons (Fsp3) is 0.333. The summed E-state index contributed by atoms with van der Waals surface area (Å²) < 4.78 is 1.68. The number of nitrogens with zero attached hydrogens (tertiary/aromatic N) is 5. The van der Waals surface area contributed by atoms with Gasteiger partial charge in [0.15, 0.2) is 0 Å². The monoisotopic (exact) mass is 520 g/mol. The Bertz CT molecular complexity index is 1310. The maximum Gasteiger partial charge on any atom is 0.318 e. The van der Waals surface area contributed by atoms with Crippen molar-refractivity contribution in [3.63, 3.8) is 0 Å². The van der Waals surface area contributed by atoms with Gasteiger partial charge in [0.25, 0.3) is 5.91 Å². The van der Waals surface area contributed by atoms with Crippen molar-refractivity contribution >= 4 is 35.1 Å². The maximum absolute atomic E-state index is 13.8. The number of aromatic nitrogens is 2. The van der Waals surface area contributed by atoms with E-state index in [0.29, 0.717) is 17.1 Å². The SMILES string of the molecule is C[C@@H]1CN(C(=O)c2ccc(-n3cccn3)cc2Cl)c2ccccc2CN1C(=O)NCC(=O)N1CCCC1. The molecule has 0 spiro atoms. The van der Waals surface area contributed by atoms with Crippen LogP contribution >= 0.6 is 11.6 Å². The summed E-state index contributed by atoms with van der Waals surface area (Å²) in [5, 5.41) is 7.32. The molecular weight excluding hydrogens is 492 g/mol. The first-order valence-electron chi connectivity index (χ1n) is 12.4. The summed E-state index contributed by atoms with van der Waals surface area (Å²) in [5.74, 6) is -0.318. The van der Waals surface area contributed by atoms with E-state index in [9.17, 15) is 14.4 Å². The number of nitrogens with one attached hydrogen (secondary N) is 1. The van der Waals surface area contributed by atoms with Gasteiger partial charge in [0, 0.05) is 50.3 Å². The Balaban J connectivity index is 1.36. The lowest BCUT2D eigenvalue weighted by Gasteiger charge is -2.29. The molecule has 3 aromatic rings. The van der Waals surface area contributed by atoms with Gasteiger partial charge in [-0.2, -0.15) is 5.10 Å². The molecule has 9 nitrogen and oxygen atoms in total. The smallest absolute Gasteiger partial charge is 0.318 e. The highest BCUT2D eigenvalue weighted by Crippen LogP contribution is 2.30. The molecule has 37 heavy (non-hydrogen) atoms. The van der Waals surface area contributed by atoms with Crippen molar-refractivity contribution in [1.82, 2.24) is 24.9 Å². The molecule has 192 valence electrons. The minimum atomic E-state index is -0.328. The van der Waals surface area contributed by atoms with E-state index in [0.717, 1.165) is 42.9 Å². The Hall–Kier alpha value is -3.85. The number of likely N-dealkylation sites (tertiary alicyclic amines) is 1. The van der Waals surface area contributed by atoms with Gasteiger partial charge >= 0.3 is 6.03 Å². The van der Waals surface area contributed by atoms with Crippen molar-refractivity contribution < 1.29 is 14.4 Å². The Kier molecular flexibility index (Phi) is 7.14. The summed E-state index contributed by atoms with van der Waals surface area (Å²) in [4.78, 5) is 44.5. The maximum atomic E-state index is 13.8. The molecule has 3 heterocycles. The largest absolute Gasteiger partial charge is 0.341 e. The standard InChI is InChI=1S/C27H29ClN6O3/c1-19-17-33(26(36)22-10-9-21(15-23(22)28)34-14-6-11-30-34)24-8-3-2-7-20(24)18-32(19)27(37)29-16-25(35)31-12-4-5-13-31/h2-3,6-11,14-15,19H,4-5,12-13,16-18H2,1H3,(H,29,37)/t19-/m1/s1. The Morgan fingerprint density at radius 1 is 1.08 bits per heavy atom. The molecule has 5 rings (SSSR count). The van der Waals surface area contributed by atoms with Crippen LogP contribution in [-0.4, -0.2) is 69.6 Å². The molecule has 4 amide bonds. The number of hydrogen-bond donors (Lipinski definition) is 1. The highest BCUT2D eigenvalue weighted by atomic mass is 35.5. The zero-order chi connectivity index (χ0) is 25.9. The van der Waals surface area contributed by atoms with Crippen LogP contribution < -0.4 is 10.2 Å². The number of carbonyl (C=O) groups excluding carboxylic acids is 3. The summed E-state index contributed by atoms with van der Waals surface area (Å²) in [5.41, 5.74) is 2.69. The minimum Gasteiger partial charge on any atom is -0.341 e. The van der Waals surface area contributed by atoms with E-state index in [1.165, 1.54) is 0 Å². The second kappa shape index (κ2) is 10.6. The van der Waals surface area contributed by atoms with Crippen LogP contribution in [0.25, 0.3) is 5.69 Å². The molecule has 1 saturated heterocycles. The van der Waals surface area contributed by atoms with Crippen molar-refractivity contribution in [1.29, 1.82) is 0 Å². The number of hydrogen-bond acceptors (Lipinski definition) is 4. The third-order valence-corrected chi connectivity index (χ3v) is 7.22. The van der Waals surface area contributed by atoms with E-state index in [-0.39, 0.29) is 37.0 Å². The van der Waals surface area contributed by atoms with Gasteiger partial charge in [0.2, 0.25) is 5.91 Å². The van der Waals surface area contributed by atoms with Gasteiger partial charge in [-0.1, -0.05) is 29.8 Å². The number of carbonyl (C=O) groups is 3. The van der Waals surface area contributed by atoms with Crippen molar-refractivity contribution in [3.05, 3.63) is 77.1 Å². The van der Waals surface area contributed by atoms with E-state index in [4.69, 9.17) is 11.6 Å². The number of rotatable bonds is 4. The van der Waals surface area contributed by atoms with Crippen LogP contribution in [0.1, 0.15) is 35.7 Å². The number of amides is 4. The molecule has 0 unspecified atom stereocenters. The minimum absolute atomic E-state index is 0.0371. The summed E-state index contributed by atoms with van der Waals surface area (Å²) in [7, 11) is 0. The molecule has 10 heteroatoms. The summed E-state index contributed by atoms with van der Waals surface area (Å²) in [6.07, 6.45) is 5.48. The molecule has 0 bridgehead atoms. The first-order chi connectivity index (χ1) is 17.9. The normalized spacial score (nSPS) is 17.4. The van der Waals surface area contributed by atoms with E-state index in [1.54, 1.807) is 50.0 Å². The second-order valence-electron chi connectivity index (χ2n) is 9.38. The van der Waals surface area contributed by atoms with E-state index >= 15 is 0 Å². The Morgan fingerprint density at radius 3 is 2.59 bits per heavy atom. The molecule has 0 aliphatic carbocycles. The summed E-state index contributed by atoms with van der Waals surface area (Å²) in [6.45, 7) is 3.94.